The summed E-state index contributed by atoms with van der Waals surface area (Å²) < 4.78 is 0. The summed E-state index contributed by atoms with van der Waals surface area (Å²) in [7, 11) is 0. The fraction of sp³-hybridized carbons (Fsp3) is 0.767. The normalized spacial score (nSPS) is 15.9. The van der Waals surface area contributed by atoms with E-state index in [0.29, 0.717) is 19.3 Å². The highest BCUT2D eigenvalue weighted by Crippen LogP contribution is 2.13. The van der Waals surface area contributed by atoms with Crippen molar-refractivity contribution in [3.05, 3.63) is 0 Å². The van der Waals surface area contributed by atoms with Crippen LogP contribution in [0.15, 0.2) is 0 Å². The molecule has 0 radical (unpaired) electrons. The van der Waals surface area contributed by atoms with Gasteiger partial charge in [-0.1, -0.05) is 82.1 Å². The number of nitrogens with two attached hydrogens (primary N) is 1. The van der Waals surface area contributed by atoms with Crippen LogP contribution in [0.2, 0.25) is 0 Å². The van der Waals surface area contributed by atoms with E-state index in [1.807, 2.05) is 13.8 Å². The van der Waals surface area contributed by atoms with E-state index >= 15 is 0 Å². The molecule has 65 heavy (non-hydrogen) atoms. The Morgan fingerprint density at radius 1 is 0.477 bits per heavy atom. The molecule has 0 unspecified atom stereocenters. The molecular formula is C43H78N10O12. The molecule has 0 saturated heterocycles. The average Bonchev–Trinajstić information content (AvgIpc) is 3.21. The van der Waals surface area contributed by atoms with Gasteiger partial charge in [-0.2, -0.15) is 0 Å². The van der Waals surface area contributed by atoms with Crippen LogP contribution < -0.4 is 53.6 Å². The van der Waals surface area contributed by atoms with Gasteiger partial charge in [0.05, 0.1) is 19.2 Å². The molecule has 10 atom stereocenters. The summed E-state index contributed by atoms with van der Waals surface area (Å²) in [4.78, 5) is 129. The molecule has 0 aliphatic rings. The van der Waals surface area contributed by atoms with Crippen molar-refractivity contribution in [3.8, 4) is 0 Å². The Kier molecular flexibility index (Phi) is 27.5. The number of carboxylic acid groups (broad SMARTS) is 1. The Bertz CT molecular complexity index is 1620. The Hall–Kier alpha value is -5.38. The summed E-state index contributed by atoms with van der Waals surface area (Å²) in [5.74, 6) is -9.27. The summed E-state index contributed by atoms with van der Waals surface area (Å²) in [5.41, 5.74) is 5.44. The van der Waals surface area contributed by atoms with Gasteiger partial charge in [0.2, 0.25) is 53.2 Å². The lowest BCUT2D eigenvalue weighted by Crippen LogP contribution is -2.61. The molecule has 13 N–H and O–H groups in total. The van der Waals surface area contributed by atoms with Crippen LogP contribution >= 0.6 is 0 Å². The van der Waals surface area contributed by atoms with Gasteiger partial charge in [-0.3, -0.25) is 43.2 Å². The molecule has 22 nitrogen and oxygen atoms in total. The molecule has 0 fully saturated rings. The summed E-state index contributed by atoms with van der Waals surface area (Å²) in [6.45, 7) is 19.0. The van der Waals surface area contributed by atoms with Crippen molar-refractivity contribution >= 4 is 59.1 Å². The van der Waals surface area contributed by atoms with Crippen LogP contribution in [0.4, 0.5) is 0 Å². The topological polar surface area (TPSA) is 345 Å². The first kappa shape index (κ1) is 59.6. The van der Waals surface area contributed by atoms with Crippen LogP contribution in [0, 0.1) is 29.6 Å². The zero-order valence-electron chi connectivity index (χ0n) is 40.2. The van der Waals surface area contributed by atoms with Gasteiger partial charge in [-0.05, 0) is 56.3 Å². The van der Waals surface area contributed by atoms with Crippen molar-refractivity contribution in [1.29, 1.82) is 0 Å². The Morgan fingerprint density at radius 3 is 1.31 bits per heavy atom. The number of hydrogen-bond donors (Lipinski definition) is 12. The zero-order valence-corrected chi connectivity index (χ0v) is 40.2. The van der Waals surface area contributed by atoms with Crippen LogP contribution in [0.5, 0.6) is 0 Å². The lowest BCUT2D eigenvalue weighted by Gasteiger charge is -2.29. The standard InChI is InChI=1S/C43H78N10O12/c1-13-24(9)34(50-31(56)19-45-37(58)26(11)47-38(59)28(17-21(3)4)48-30(55)15-16-44)40(61)46-20-32(57)51-35(25(10)14-2)41(62)49-29(18-22(5)6)39(60)53-36(27(12)54)42(63)52-33(23(7)8)43(64)65/h21-29,33-36,54H,13-20,44H2,1-12H3,(H,45,58)(H,46,61)(H,47,59)(H,48,55)(H,49,62)(H,50,56)(H,51,57)(H,52,63)(H,53,60)(H,64,65)/t24-,25-,26-,27+,28-,29-,33-,34-,35-,36-/m0/s1. The highest BCUT2D eigenvalue weighted by atomic mass is 16.4. The van der Waals surface area contributed by atoms with Crippen LogP contribution in [-0.2, 0) is 47.9 Å². The lowest BCUT2D eigenvalue weighted by atomic mass is 9.96. The second-order valence-electron chi connectivity index (χ2n) is 17.8. The Balaban J connectivity index is 5.76. The second kappa shape index (κ2) is 29.9. The van der Waals surface area contributed by atoms with E-state index < -0.39 is 138 Å². The van der Waals surface area contributed by atoms with Gasteiger partial charge < -0.3 is 63.8 Å². The Labute approximate surface area is 383 Å². The van der Waals surface area contributed by atoms with Gasteiger partial charge in [0.25, 0.3) is 0 Å². The summed E-state index contributed by atoms with van der Waals surface area (Å²) in [6, 6.07) is -8.43. The van der Waals surface area contributed by atoms with Gasteiger partial charge in [-0.15, -0.1) is 0 Å². The highest BCUT2D eigenvalue weighted by molar-refractivity contribution is 5.97. The van der Waals surface area contributed by atoms with Crippen molar-refractivity contribution in [2.24, 2.45) is 35.3 Å². The number of aliphatic hydroxyl groups is 1. The largest absolute Gasteiger partial charge is 0.480 e. The number of aliphatic carboxylic acids is 1. The molecule has 0 saturated carbocycles. The average molecular weight is 927 g/mol. The van der Waals surface area contributed by atoms with Crippen LogP contribution in [-0.4, -0.2) is 137 Å². The molecule has 0 spiro atoms. The smallest absolute Gasteiger partial charge is 0.326 e. The number of carboxylic acids is 1. The minimum atomic E-state index is -1.56. The van der Waals surface area contributed by atoms with E-state index in [4.69, 9.17) is 5.73 Å². The molecule has 0 aliphatic heterocycles. The number of aliphatic hydroxyl groups excluding tert-OH is 1. The molecule has 0 aliphatic carbocycles. The first-order valence-electron chi connectivity index (χ1n) is 22.5. The third-order valence-electron chi connectivity index (χ3n) is 10.6. The molecule has 0 rings (SSSR count). The monoisotopic (exact) mass is 927 g/mol. The minimum absolute atomic E-state index is 0.0227. The molecule has 372 valence electrons. The van der Waals surface area contributed by atoms with Crippen molar-refractivity contribution in [3.63, 3.8) is 0 Å². The fourth-order valence-corrected chi connectivity index (χ4v) is 6.31. The maximum absolute atomic E-state index is 13.7. The van der Waals surface area contributed by atoms with E-state index in [1.54, 1.807) is 55.4 Å². The van der Waals surface area contributed by atoms with Crippen molar-refractivity contribution < 1.29 is 58.2 Å². The highest BCUT2D eigenvalue weighted by Gasteiger charge is 2.36. The minimum Gasteiger partial charge on any atom is -0.480 e. The molecule has 0 aromatic heterocycles. The van der Waals surface area contributed by atoms with Gasteiger partial charge in [0.15, 0.2) is 0 Å². The summed E-state index contributed by atoms with van der Waals surface area (Å²) >= 11 is 0. The SMILES string of the molecule is CC[C@H](C)[C@H](NC(=O)CNC(=O)[C@H](C)NC(=O)[C@H](CC(C)C)NC(=O)CCN)C(=O)NCC(=O)N[C@H](C(=O)N[C@@H](CC(C)C)C(=O)N[C@H](C(=O)N[C@H](C(=O)O)C(C)C)[C@@H](C)O)[C@@H](C)CC. The van der Waals surface area contributed by atoms with E-state index in [9.17, 15) is 58.2 Å². The van der Waals surface area contributed by atoms with Crippen LogP contribution in [0.25, 0.3) is 0 Å². The number of nitrogens with one attached hydrogen (secondary N) is 9. The van der Waals surface area contributed by atoms with E-state index in [-0.39, 0.29) is 31.2 Å². The lowest BCUT2D eigenvalue weighted by molar-refractivity contribution is -0.144. The zero-order chi connectivity index (χ0) is 50.3. The van der Waals surface area contributed by atoms with Gasteiger partial charge in [-0.25, -0.2) is 4.79 Å². The molecular weight excluding hydrogens is 849 g/mol. The van der Waals surface area contributed by atoms with Gasteiger partial charge in [0.1, 0.15) is 42.3 Å². The number of rotatable bonds is 30. The molecule has 0 aromatic rings. The number of hydrogen-bond acceptors (Lipinski definition) is 12. The summed E-state index contributed by atoms with van der Waals surface area (Å²) in [5, 5.41) is 42.5. The van der Waals surface area contributed by atoms with Crippen molar-refractivity contribution in [1.82, 2.24) is 47.9 Å². The second-order valence-corrected chi connectivity index (χ2v) is 17.8. The number of amides is 9. The predicted molar refractivity (Wildman–Crippen MR) is 241 cm³/mol. The third kappa shape index (κ3) is 22.4. The maximum Gasteiger partial charge on any atom is 0.326 e. The first-order chi connectivity index (χ1) is 30.2. The van der Waals surface area contributed by atoms with Crippen molar-refractivity contribution in [2.45, 2.75) is 164 Å². The molecule has 22 heteroatoms. The van der Waals surface area contributed by atoms with Crippen molar-refractivity contribution in [2.75, 3.05) is 19.6 Å². The van der Waals surface area contributed by atoms with Gasteiger partial charge >= 0.3 is 5.97 Å². The van der Waals surface area contributed by atoms with Crippen LogP contribution in [0.1, 0.15) is 115 Å². The van der Waals surface area contributed by atoms with E-state index in [1.165, 1.54) is 13.8 Å². The molecule has 0 bridgehead atoms. The number of carbonyl (C=O) groups excluding carboxylic acids is 9. The maximum atomic E-state index is 13.7. The predicted octanol–water partition coefficient (Wildman–Crippen LogP) is -1.71. The quantitative estimate of drug-likeness (QED) is 0.0382. The van der Waals surface area contributed by atoms with E-state index in [0.717, 1.165) is 0 Å². The molecule has 0 aromatic carbocycles. The first-order valence-corrected chi connectivity index (χ1v) is 22.5. The molecule has 0 heterocycles. The molecule has 9 amide bonds. The fourth-order valence-electron chi connectivity index (χ4n) is 6.31. The summed E-state index contributed by atoms with van der Waals surface area (Å²) in [6.07, 6.45) is -0.182. The van der Waals surface area contributed by atoms with Crippen LogP contribution in [0.3, 0.4) is 0 Å². The Morgan fingerprint density at radius 2 is 0.892 bits per heavy atom. The van der Waals surface area contributed by atoms with E-state index in [2.05, 4.69) is 47.9 Å². The number of carbonyl (C=O) groups is 10. The van der Waals surface area contributed by atoms with Gasteiger partial charge in [0, 0.05) is 13.0 Å². The third-order valence-corrected chi connectivity index (χ3v) is 10.6.